The number of unbranched alkanes of at least 4 members (excludes halogenated alkanes) is 1. The molecule has 2 aliphatic rings. The average Bonchev–Trinajstić information content (AvgIpc) is 3.04. The monoisotopic (exact) mass is 486 g/mol. The number of hydrogen-bond acceptors (Lipinski definition) is 3. The van der Waals surface area contributed by atoms with E-state index in [4.69, 9.17) is 0 Å². The molecule has 0 spiro atoms. The number of rotatable bonds is 6. The van der Waals surface area contributed by atoms with Crippen LogP contribution in [0.5, 0.6) is 0 Å². The molecule has 0 unspecified atom stereocenters. The number of likely N-dealkylation sites (tertiary alicyclic amines) is 1. The summed E-state index contributed by atoms with van der Waals surface area (Å²) in [6.07, 6.45) is 9.96. The summed E-state index contributed by atoms with van der Waals surface area (Å²) in [6.45, 7) is 3.33. The molecule has 0 atom stereocenters. The Bertz CT molecular complexity index is 1190. The summed E-state index contributed by atoms with van der Waals surface area (Å²) in [5.74, 6) is 0. The van der Waals surface area contributed by atoms with Crippen LogP contribution in [-0.4, -0.2) is 29.5 Å². The molecule has 180 valence electrons. The number of nitrogens with zero attached hydrogens (tertiary/aromatic N) is 2. The highest BCUT2D eigenvalue weighted by Crippen LogP contribution is 2.38. The van der Waals surface area contributed by atoms with Gasteiger partial charge >= 0.3 is 0 Å². The number of fused-ring (bicyclic) bond motifs is 2. The van der Waals surface area contributed by atoms with Gasteiger partial charge in [-0.25, -0.2) is 0 Å². The molecule has 1 heterocycles. The quantitative estimate of drug-likeness (QED) is 0.162. The fourth-order valence-corrected chi connectivity index (χ4v) is 5.19. The highest BCUT2D eigenvalue weighted by atomic mass is 35.5. The molecule has 3 aromatic rings. The smallest absolute Gasteiger partial charge is 0.269 e. The molecule has 1 saturated heterocycles. The maximum Gasteiger partial charge on any atom is 0.269 e. The Balaban J connectivity index is 0.00000289. The number of nitro groups is 1. The van der Waals surface area contributed by atoms with Gasteiger partial charge in [0.15, 0.2) is 0 Å². The van der Waals surface area contributed by atoms with Crippen LogP contribution in [-0.2, 0) is 6.42 Å². The van der Waals surface area contributed by atoms with Gasteiger partial charge in [0.1, 0.15) is 0 Å². The Morgan fingerprint density at radius 1 is 0.771 bits per heavy atom. The Morgan fingerprint density at radius 2 is 1.34 bits per heavy atom. The van der Waals surface area contributed by atoms with Crippen LogP contribution >= 0.6 is 12.4 Å². The summed E-state index contributed by atoms with van der Waals surface area (Å²) in [6, 6.07) is 24.5. The molecule has 0 aromatic heterocycles. The van der Waals surface area contributed by atoms with Gasteiger partial charge in [0, 0.05) is 25.2 Å². The lowest BCUT2D eigenvalue weighted by Gasteiger charge is -2.30. The first-order valence-corrected chi connectivity index (χ1v) is 12.2. The van der Waals surface area contributed by atoms with Crippen LogP contribution in [0.2, 0.25) is 0 Å². The molecule has 0 amide bonds. The van der Waals surface area contributed by atoms with Gasteiger partial charge in [-0.2, -0.15) is 0 Å². The predicted octanol–water partition coefficient (Wildman–Crippen LogP) is 7.42. The number of aryl methyl sites for hydroxylation is 1. The van der Waals surface area contributed by atoms with Gasteiger partial charge < -0.3 is 4.90 Å². The molecule has 5 rings (SSSR count). The zero-order chi connectivity index (χ0) is 23.3. The first-order valence-electron chi connectivity index (χ1n) is 12.2. The topological polar surface area (TPSA) is 46.4 Å². The second-order valence-corrected chi connectivity index (χ2v) is 9.21. The Kier molecular flexibility index (Phi) is 8.17. The van der Waals surface area contributed by atoms with Gasteiger partial charge in [0.05, 0.1) is 4.92 Å². The maximum atomic E-state index is 10.8. The molecule has 4 nitrogen and oxygen atoms in total. The van der Waals surface area contributed by atoms with Crippen molar-refractivity contribution in [2.24, 2.45) is 0 Å². The number of hydrogen-bond donors (Lipinski definition) is 0. The van der Waals surface area contributed by atoms with E-state index in [1.54, 1.807) is 17.7 Å². The van der Waals surface area contributed by atoms with Crippen molar-refractivity contribution in [2.75, 3.05) is 19.6 Å². The predicted molar refractivity (Wildman–Crippen MR) is 147 cm³/mol. The van der Waals surface area contributed by atoms with Crippen LogP contribution in [0.3, 0.4) is 0 Å². The van der Waals surface area contributed by atoms with E-state index >= 15 is 0 Å². The third-order valence-electron chi connectivity index (χ3n) is 7.05. The Labute approximate surface area is 213 Å². The van der Waals surface area contributed by atoms with Crippen LogP contribution in [0.4, 0.5) is 5.69 Å². The zero-order valence-electron chi connectivity index (χ0n) is 19.9. The van der Waals surface area contributed by atoms with E-state index in [0.29, 0.717) is 0 Å². The molecule has 0 N–H and O–H groups in total. The minimum atomic E-state index is -0.341. The minimum Gasteiger partial charge on any atom is -0.303 e. The summed E-state index contributed by atoms with van der Waals surface area (Å²) in [5.41, 5.74) is 9.67. The van der Waals surface area contributed by atoms with Gasteiger partial charge in [-0.1, -0.05) is 78.4 Å². The summed E-state index contributed by atoms with van der Waals surface area (Å²) in [7, 11) is 0. The second kappa shape index (κ2) is 11.5. The minimum absolute atomic E-state index is 0. The standard InChI is InChI=1S/C30H30N2O2.ClH/c33-32(34)27-16-12-23(13-17-27)7-5-6-20-31-21-18-26(19-22-31)30-28-10-3-1-8-24(28)14-15-25-9-2-4-11-29(25)30;/h1-4,8-17H,5-7,18-22H2;1H. The third-order valence-corrected chi connectivity index (χ3v) is 7.05. The molecule has 1 aliphatic carbocycles. The van der Waals surface area contributed by atoms with E-state index in [9.17, 15) is 10.1 Å². The van der Waals surface area contributed by atoms with E-state index < -0.39 is 0 Å². The van der Waals surface area contributed by atoms with Crippen LogP contribution in [0.15, 0.2) is 78.4 Å². The van der Waals surface area contributed by atoms with E-state index in [1.165, 1.54) is 33.4 Å². The largest absolute Gasteiger partial charge is 0.303 e. The lowest BCUT2D eigenvalue weighted by Crippen LogP contribution is -2.32. The molecule has 0 radical (unpaired) electrons. The van der Waals surface area contributed by atoms with Crippen LogP contribution in [0, 0.1) is 10.1 Å². The van der Waals surface area contributed by atoms with Crippen molar-refractivity contribution in [3.63, 3.8) is 0 Å². The van der Waals surface area contributed by atoms with Crippen molar-refractivity contribution in [1.29, 1.82) is 0 Å². The number of piperidine rings is 1. The van der Waals surface area contributed by atoms with Crippen LogP contribution < -0.4 is 0 Å². The molecule has 0 saturated carbocycles. The average molecular weight is 487 g/mol. The first kappa shape index (κ1) is 24.9. The van der Waals surface area contributed by atoms with Crippen molar-refractivity contribution in [3.05, 3.63) is 116 Å². The lowest BCUT2D eigenvalue weighted by atomic mass is 9.86. The second-order valence-electron chi connectivity index (χ2n) is 9.21. The van der Waals surface area contributed by atoms with Crippen molar-refractivity contribution < 1.29 is 4.92 Å². The van der Waals surface area contributed by atoms with Crippen molar-refractivity contribution in [2.45, 2.75) is 32.1 Å². The molecule has 1 fully saturated rings. The Hall–Kier alpha value is -3.21. The van der Waals surface area contributed by atoms with Gasteiger partial charge in [-0.05, 0) is 72.0 Å². The van der Waals surface area contributed by atoms with Gasteiger partial charge in [-0.3, -0.25) is 10.1 Å². The number of non-ortho nitro benzene ring substituents is 1. The molecule has 0 bridgehead atoms. The van der Waals surface area contributed by atoms with Crippen molar-refractivity contribution in [3.8, 4) is 0 Å². The van der Waals surface area contributed by atoms with Gasteiger partial charge in [0.2, 0.25) is 0 Å². The highest BCUT2D eigenvalue weighted by molar-refractivity contribution is 5.94. The number of halogens is 1. The van der Waals surface area contributed by atoms with Crippen LogP contribution in [0.1, 0.15) is 53.5 Å². The Morgan fingerprint density at radius 3 is 1.91 bits per heavy atom. The van der Waals surface area contributed by atoms with Crippen molar-refractivity contribution in [1.82, 2.24) is 4.90 Å². The van der Waals surface area contributed by atoms with E-state index in [0.717, 1.165) is 51.7 Å². The first-order chi connectivity index (χ1) is 16.7. The van der Waals surface area contributed by atoms with Crippen molar-refractivity contribution >= 4 is 35.8 Å². The fourth-order valence-electron chi connectivity index (χ4n) is 5.19. The maximum absolute atomic E-state index is 10.8. The summed E-state index contributed by atoms with van der Waals surface area (Å²) in [5, 5.41) is 10.8. The number of nitro benzene ring substituents is 1. The molecule has 5 heteroatoms. The zero-order valence-corrected chi connectivity index (χ0v) is 20.7. The molecular weight excluding hydrogens is 456 g/mol. The SMILES string of the molecule is Cl.O=[N+]([O-])c1ccc(CCCCN2CCC(=C3c4ccccc4C=Cc4ccccc43)CC2)cc1. The van der Waals surface area contributed by atoms with E-state index in [1.807, 2.05) is 12.1 Å². The third kappa shape index (κ3) is 5.72. The number of benzene rings is 3. The van der Waals surface area contributed by atoms with Gasteiger partial charge in [0.25, 0.3) is 5.69 Å². The van der Waals surface area contributed by atoms with Crippen LogP contribution in [0.25, 0.3) is 17.7 Å². The summed E-state index contributed by atoms with van der Waals surface area (Å²) < 4.78 is 0. The normalized spacial score (nSPS) is 15.1. The molecule has 3 aromatic carbocycles. The lowest BCUT2D eigenvalue weighted by molar-refractivity contribution is -0.384. The van der Waals surface area contributed by atoms with E-state index in [-0.39, 0.29) is 23.0 Å². The fraction of sp³-hybridized carbons (Fsp3) is 0.267. The highest BCUT2D eigenvalue weighted by Gasteiger charge is 2.22. The van der Waals surface area contributed by atoms with E-state index in [2.05, 4.69) is 65.6 Å². The summed E-state index contributed by atoms with van der Waals surface area (Å²) in [4.78, 5) is 13.1. The molecule has 35 heavy (non-hydrogen) atoms. The van der Waals surface area contributed by atoms with Gasteiger partial charge in [-0.15, -0.1) is 12.4 Å². The summed E-state index contributed by atoms with van der Waals surface area (Å²) >= 11 is 0. The molecular formula is C30H31ClN2O2. The molecule has 1 aliphatic heterocycles.